The topological polar surface area (TPSA) is 52.9 Å². The van der Waals surface area contributed by atoms with E-state index in [2.05, 4.69) is 33.7 Å². The van der Waals surface area contributed by atoms with Gasteiger partial charge in [0.15, 0.2) is 0 Å². The zero-order valence-electron chi connectivity index (χ0n) is 18.7. The Morgan fingerprint density at radius 2 is 1.73 bits per heavy atom. The van der Waals surface area contributed by atoms with Gasteiger partial charge in [0.1, 0.15) is 6.61 Å². The highest BCUT2D eigenvalue weighted by atomic mass is 16.5. The van der Waals surface area contributed by atoms with Crippen LogP contribution in [0.15, 0.2) is 24.3 Å². The van der Waals surface area contributed by atoms with Crippen molar-refractivity contribution in [1.82, 2.24) is 4.57 Å². The fraction of sp³-hybridized carbons (Fsp3) is 0.542. The number of ether oxygens (including phenoxy) is 3. The van der Waals surface area contributed by atoms with Crippen LogP contribution < -0.4 is 4.90 Å². The molecule has 2 heterocycles. The number of benzene rings is 1. The Hall–Kier alpha value is -2.31. The van der Waals surface area contributed by atoms with E-state index in [4.69, 9.17) is 14.2 Å². The molecule has 1 aromatic heterocycles. The highest BCUT2D eigenvalue weighted by molar-refractivity contribution is 5.70. The van der Waals surface area contributed by atoms with Crippen LogP contribution >= 0.6 is 0 Å². The first-order chi connectivity index (χ1) is 14.6. The third kappa shape index (κ3) is 5.05. The molecule has 0 unspecified atom stereocenters. The highest BCUT2D eigenvalue weighted by Gasteiger charge is 2.26. The minimum Gasteiger partial charge on any atom is -0.464 e. The normalized spacial score (nSPS) is 12.8. The van der Waals surface area contributed by atoms with Crippen LogP contribution in [0.1, 0.15) is 44.0 Å². The van der Waals surface area contributed by atoms with Crippen molar-refractivity contribution in [2.75, 3.05) is 38.3 Å². The van der Waals surface area contributed by atoms with E-state index < -0.39 is 0 Å². The van der Waals surface area contributed by atoms with Crippen molar-refractivity contribution in [1.29, 1.82) is 0 Å². The van der Waals surface area contributed by atoms with Gasteiger partial charge in [-0.05, 0) is 44.4 Å². The predicted octanol–water partition coefficient (Wildman–Crippen LogP) is 4.17. The van der Waals surface area contributed by atoms with E-state index in [1.54, 1.807) is 0 Å². The van der Waals surface area contributed by atoms with Crippen LogP contribution in [0.25, 0.3) is 11.3 Å². The van der Waals surface area contributed by atoms with E-state index in [9.17, 15) is 4.79 Å². The number of aromatic nitrogens is 1. The number of esters is 1. The maximum absolute atomic E-state index is 11.0. The lowest BCUT2D eigenvalue weighted by atomic mass is 10.0. The summed E-state index contributed by atoms with van der Waals surface area (Å²) in [5, 5.41) is 0. The number of carbonyl (C=O) groups is 1. The summed E-state index contributed by atoms with van der Waals surface area (Å²) in [4.78, 5) is 13.1. The number of hydrogen-bond acceptors (Lipinski definition) is 5. The second kappa shape index (κ2) is 10.6. The van der Waals surface area contributed by atoms with Gasteiger partial charge in [0.05, 0.1) is 25.5 Å². The van der Waals surface area contributed by atoms with Crippen LogP contribution in [-0.4, -0.2) is 43.9 Å². The van der Waals surface area contributed by atoms with Crippen LogP contribution in [0, 0.1) is 0 Å². The third-order valence-corrected chi connectivity index (χ3v) is 5.60. The number of fused-ring (bicyclic) bond motifs is 1. The molecule has 0 atom stereocenters. The van der Waals surface area contributed by atoms with Gasteiger partial charge in [-0.1, -0.05) is 12.1 Å². The maximum Gasteiger partial charge on any atom is 0.302 e. The lowest BCUT2D eigenvalue weighted by Crippen LogP contribution is -2.23. The molecule has 3 rings (SSSR count). The second-order valence-corrected chi connectivity index (χ2v) is 7.59. The minimum absolute atomic E-state index is 0.245. The second-order valence-electron chi connectivity index (χ2n) is 7.59. The van der Waals surface area contributed by atoms with Crippen LogP contribution in [-0.2, 0) is 45.2 Å². The van der Waals surface area contributed by atoms with Crippen molar-refractivity contribution in [2.45, 2.75) is 53.4 Å². The molecule has 0 saturated carbocycles. The third-order valence-electron chi connectivity index (χ3n) is 5.60. The fourth-order valence-electron chi connectivity index (χ4n) is 4.11. The Bertz CT molecular complexity index is 842. The summed E-state index contributed by atoms with van der Waals surface area (Å²) >= 11 is 0. The molecule has 1 aliphatic heterocycles. The van der Waals surface area contributed by atoms with Crippen molar-refractivity contribution in [3.63, 3.8) is 0 Å². The summed E-state index contributed by atoms with van der Waals surface area (Å²) in [5.41, 5.74) is 7.53. The first kappa shape index (κ1) is 22.4. The molecular weight excluding hydrogens is 380 g/mol. The summed E-state index contributed by atoms with van der Waals surface area (Å²) < 4.78 is 19.2. The van der Waals surface area contributed by atoms with Crippen molar-refractivity contribution < 1.29 is 19.0 Å². The van der Waals surface area contributed by atoms with E-state index in [1.807, 2.05) is 20.9 Å². The molecule has 0 saturated heterocycles. The molecule has 0 radical (unpaired) electrons. The lowest BCUT2D eigenvalue weighted by molar-refractivity contribution is -0.140. The van der Waals surface area contributed by atoms with Crippen LogP contribution in [0.3, 0.4) is 0 Å². The highest BCUT2D eigenvalue weighted by Crippen LogP contribution is 2.37. The SMILES string of the molecule is CCOCc1c(COCC)c(-c2ccc(N(C)CCOC(C)=O)cc2)n2c1CCC2. The number of rotatable bonds is 11. The molecule has 164 valence electrons. The number of hydrogen-bond donors (Lipinski definition) is 0. The molecule has 1 aliphatic rings. The van der Waals surface area contributed by atoms with Gasteiger partial charge < -0.3 is 23.7 Å². The molecular formula is C24H34N2O4. The first-order valence-electron chi connectivity index (χ1n) is 10.9. The summed E-state index contributed by atoms with van der Waals surface area (Å²) in [6, 6.07) is 8.62. The van der Waals surface area contributed by atoms with Crippen LogP contribution in [0.4, 0.5) is 5.69 Å². The number of likely N-dealkylation sites (N-methyl/N-ethyl adjacent to an activating group) is 1. The summed E-state index contributed by atoms with van der Waals surface area (Å²) in [7, 11) is 2.01. The van der Waals surface area contributed by atoms with Crippen molar-refractivity contribution in [2.24, 2.45) is 0 Å². The lowest BCUT2D eigenvalue weighted by Gasteiger charge is -2.19. The van der Waals surface area contributed by atoms with Crippen LogP contribution in [0.5, 0.6) is 0 Å². The van der Waals surface area contributed by atoms with Crippen LogP contribution in [0.2, 0.25) is 0 Å². The Kier molecular flexibility index (Phi) is 7.94. The quantitative estimate of drug-likeness (QED) is 0.517. The van der Waals surface area contributed by atoms with Gasteiger partial charge >= 0.3 is 5.97 Å². The van der Waals surface area contributed by atoms with Crippen molar-refractivity contribution in [3.8, 4) is 11.3 Å². The Labute approximate surface area is 179 Å². The van der Waals surface area contributed by atoms with E-state index in [0.29, 0.717) is 39.6 Å². The summed E-state index contributed by atoms with van der Waals surface area (Å²) in [5.74, 6) is -0.245. The first-order valence-corrected chi connectivity index (χ1v) is 10.9. The number of carbonyl (C=O) groups excluding carboxylic acids is 1. The van der Waals surface area contributed by atoms with E-state index >= 15 is 0 Å². The number of nitrogens with zero attached hydrogens (tertiary/aromatic N) is 2. The monoisotopic (exact) mass is 414 g/mol. The molecule has 2 aromatic rings. The van der Waals surface area contributed by atoms with E-state index in [-0.39, 0.29) is 5.97 Å². The average molecular weight is 415 g/mol. The summed E-state index contributed by atoms with van der Waals surface area (Å²) in [6.07, 6.45) is 2.27. The van der Waals surface area contributed by atoms with Gasteiger partial charge in [0.2, 0.25) is 0 Å². The van der Waals surface area contributed by atoms with Gasteiger partial charge in [-0.2, -0.15) is 0 Å². The zero-order valence-corrected chi connectivity index (χ0v) is 18.7. The maximum atomic E-state index is 11.0. The van der Waals surface area contributed by atoms with E-state index in [0.717, 1.165) is 18.7 Å². The molecule has 6 heteroatoms. The van der Waals surface area contributed by atoms with Gasteiger partial charge in [-0.25, -0.2) is 0 Å². The molecule has 0 fully saturated rings. The predicted molar refractivity (Wildman–Crippen MR) is 119 cm³/mol. The standard InChI is InChI=1S/C24H34N2O4/c1-5-28-16-21-22(17-29-6-2)24(26-13-7-8-23(21)26)19-9-11-20(12-10-19)25(4)14-15-30-18(3)27/h9-12H,5-8,13-17H2,1-4H3. The number of anilines is 1. The molecule has 30 heavy (non-hydrogen) atoms. The van der Waals surface area contributed by atoms with Crippen molar-refractivity contribution >= 4 is 11.7 Å². The average Bonchev–Trinajstić information content (AvgIpc) is 3.31. The Balaban J connectivity index is 1.88. The molecule has 0 N–H and O–H groups in total. The summed E-state index contributed by atoms with van der Waals surface area (Å²) in [6.45, 7) is 10.3. The van der Waals surface area contributed by atoms with Crippen molar-refractivity contribution in [3.05, 3.63) is 41.1 Å². The molecule has 0 spiro atoms. The van der Waals surface area contributed by atoms with Gasteiger partial charge in [0, 0.05) is 56.2 Å². The molecule has 0 aliphatic carbocycles. The Morgan fingerprint density at radius 1 is 1.07 bits per heavy atom. The smallest absolute Gasteiger partial charge is 0.302 e. The largest absolute Gasteiger partial charge is 0.464 e. The van der Waals surface area contributed by atoms with E-state index in [1.165, 1.54) is 41.4 Å². The zero-order chi connectivity index (χ0) is 21.5. The molecule has 0 amide bonds. The van der Waals surface area contributed by atoms with Gasteiger partial charge in [-0.15, -0.1) is 0 Å². The minimum atomic E-state index is -0.245. The molecule has 1 aromatic carbocycles. The molecule has 6 nitrogen and oxygen atoms in total. The molecule has 0 bridgehead atoms. The van der Waals surface area contributed by atoms with Gasteiger partial charge in [0.25, 0.3) is 0 Å². The Morgan fingerprint density at radius 3 is 2.37 bits per heavy atom. The fourth-order valence-corrected chi connectivity index (χ4v) is 4.11. The van der Waals surface area contributed by atoms with Gasteiger partial charge in [-0.3, -0.25) is 4.79 Å².